The molecule has 0 bridgehead atoms. The van der Waals surface area contributed by atoms with Gasteiger partial charge in [0.1, 0.15) is 18.0 Å². The predicted molar refractivity (Wildman–Crippen MR) is 90.8 cm³/mol. The van der Waals surface area contributed by atoms with E-state index in [4.69, 9.17) is 5.73 Å². The van der Waals surface area contributed by atoms with Crippen molar-refractivity contribution >= 4 is 5.91 Å². The third-order valence-corrected chi connectivity index (χ3v) is 4.89. The average molecular weight is 328 g/mol. The number of benzene rings is 1. The molecule has 1 aliphatic heterocycles. The van der Waals surface area contributed by atoms with Gasteiger partial charge in [-0.2, -0.15) is 0 Å². The van der Waals surface area contributed by atoms with Crippen molar-refractivity contribution in [1.82, 2.24) is 14.5 Å². The second-order valence-electron chi connectivity index (χ2n) is 6.43. The van der Waals surface area contributed by atoms with E-state index < -0.39 is 12.1 Å². The molecule has 0 aliphatic carbocycles. The normalized spacial score (nSPS) is 19.1. The maximum atomic E-state index is 12.0. The molecule has 1 aromatic heterocycles. The van der Waals surface area contributed by atoms with E-state index in [1.807, 2.05) is 48.1 Å². The molecule has 1 aliphatic rings. The number of aliphatic hydroxyl groups is 1. The van der Waals surface area contributed by atoms with Crippen LogP contribution in [0.1, 0.15) is 36.4 Å². The molecule has 1 saturated heterocycles. The van der Waals surface area contributed by atoms with Crippen molar-refractivity contribution < 1.29 is 9.90 Å². The fourth-order valence-corrected chi connectivity index (χ4v) is 3.56. The summed E-state index contributed by atoms with van der Waals surface area (Å²) in [4.78, 5) is 18.3. The number of nitrogens with two attached hydrogens (primary N) is 1. The van der Waals surface area contributed by atoms with Crippen LogP contribution in [0.25, 0.3) is 0 Å². The standard InChI is InChI=1S/C18H24N4O2/c1-21-12-9-20-18(21)16(23)14-7-10-22(11-8-14)15(17(19)24)13-5-3-2-4-6-13/h2-6,9,12,14-16,23H,7-8,10-11H2,1H3,(H2,19,24). The number of nitrogens with zero attached hydrogens (tertiary/aromatic N) is 3. The third-order valence-electron chi connectivity index (χ3n) is 4.89. The Morgan fingerprint density at radius 1 is 1.29 bits per heavy atom. The first kappa shape index (κ1) is 16.7. The van der Waals surface area contributed by atoms with Gasteiger partial charge in [0.15, 0.2) is 0 Å². The summed E-state index contributed by atoms with van der Waals surface area (Å²) < 4.78 is 1.85. The van der Waals surface area contributed by atoms with Gasteiger partial charge in [0.2, 0.25) is 5.91 Å². The first-order chi connectivity index (χ1) is 11.6. The van der Waals surface area contributed by atoms with Gasteiger partial charge in [-0.3, -0.25) is 9.69 Å². The first-order valence-electron chi connectivity index (χ1n) is 8.31. The lowest BCUT2D eigenvalue weighted by atomic mass is 9.89. The van der Waals surface area contributed by atoms with Gasteiger partial charge in [0.25, 0.3) is 0 Å². The second kappa shape index (κ2) is 7.15. The zero-order valence-electron chi connectivity index (χ0n) is 13.9. The summed E-state index contributed by atoms with van der Waals surface area (Å²) in [5.41, 5.74) is 6.57. The highest BCUT2D eigenvalue weighted by atomic mass is 16.3. The molecule has 0 radical (unpaired) electrons. The fraction of sp³-hybridized carbons (Fsp3) is 0.444. The highest BCUT2D eigenvalue weighted by Crippen LogP contribution is 2.33. The van der Waals surface area contributed by atoms with Crippen molar-refractivity contribution in [2.75, 3.05) is 13.1 Å². The summed E-state index contributed by atoms with van der Waals surface area (Å²) in [6.45, 7) is 1.46. The number of imidazole rings is 1. The Morgan fingerprint density at radius 3 is 2.50 bits per heavy atom. The summed E-state index contributed by atoms with van der Waals surface area (Å²) in [6, 6.07) is 9.23. The molecular formula is C18H24N4O2. The van der Waals surface area contributed by atoms with Crippen LogP contribution in [0.3, 0.4) is 0 Å². The lowest BCUT2D eigenvalue weighted by Crippen LogP contribution is -2.43. The highest BCUT2D eigenvalue weighted by molar-refractivity contribution is 5.81. The Hall–Kier alpha value is -2.18. The maximum Gasteiger partial charge on any atom is 0.239 e. The molecule has 2 aromatic rings. The van der Waals surface area contributed by atoms with E-state index in [1.165, 1.54) is 0 Å². The van der Waals surface area contributed by atoms with Gasteiger partial charge in [0.05, 0.1) is 0 Å². The summed E-state index contributed by atoms with van der Waals surface area (Å²) in [5, 5.41) is 10.6. The Morgan fingerprint density at radius 2 is 1.96 bits per heavy atom. The van der Waals surface area contributed by atoms with Crippen molar-refractivity contribution in [1.29, 1.82) is 0 Å². The van der Waals surface area contributed by atoms with Crippen molar-refractivity contribution in [3.05, 3.63) is 54.1 Å². The minimum atomic E-state index is -0.573. The molecule has 6 nitrogen and oxygen atoms in total. The average Bonchev–Trinajstić information content (AvgIpc) is 3.02. The molecule has 0 saturated carbocycles. The van der Waals surface area contributed by atoms with Gasteiger partial charge in [0, 0.05) is 19.4 Å². The number of carbonyl (C=O) groups is 1. The van der Waals surface area contributed by atoms with Gasteiger partial charge >= 0.3 is 0 Å². The largest absolute Gasteiger partial charge is 0.385 e. The molecule has 6 heteroatoms. The van der Waals surface area contributed by atoms with E-state index in [0.717, 1.165) is 31.5 Å². The highest BCUT2D eigenvalue weighted by Gasteiger charge is 2.33. The van der Waals surface area contributed by atoms with E-state index in [-0.39, 0.29) is 11.8 Å². The van der Waals surface area contributed by atoms with Crippen LogP contribution in [-0.4, -0.2) is 38.6 Å². The van der Waals surface area contributed by atoms with Gasteiger partial charge in [-0.25, -0.2) is 4.98 Å². The second-order valence-corrected chi connectivity index (χ2v) is 6.43. The molecule has 2 unspecified atom stereocenters. The van der Waals surface area contributed by atoms with Crippen LogP contribution in [0.15, 0.2) is 42.7 Å². The van der Waals surface area contributed by atoms with Crippen LogP contribution in [0.4, 0.5) is 0 Å². The van der Waals surface area contributed by atoms with Crippen molar-refractivity contribution in [2.24, 2.45) is 18.7 Å². The zero-order chi connectivity index (χ0) is 17.1. The zero-order valence-corrected chi connectivity index (χ0v) is 13.9. The molecule has 2 atom stereocenters. The lowest BCUT2D eigenvalue weighted by molar-refractivity contribution is -0.124. The quantitative estimate of drug-likeness (QED) is 0.869. The summed E-state index contributed by atoms with van der Waals surface area (Å²) in [5.74, 6) is 0.513. The Balaban J connectivity index is 1.67. The van der Waals surface area contributed by atoms with Crippen molar-refractivity contribution in [3.63, 3.8) is 0 Å². The predicted octanol–water partition coefficient (Wildman–Crippen LogP) is 1.39. The number of hydrogen-bond donors (Lipinski definition) is 2. The van der Waals surface area contributed by atoms with Gasteiger partial charge < -0.3 is 15.4 Å². The minimum Gasteiger partial charge on any atom is -0.385 e. The van der Waals surface area contributed by atoms with Crippen LogP contribution in [0.5, 0.6) is 0 Å². The number of rotatable bonds is 5. The lowest BCUT2D eigenvalue weighted by Gasteiger charge is -2.37. The Labute approximate surface area is 141 Å². The monoisotopic (exact) mass is 328 g/mol. The van der Waals surface area contributed by atoms with Gasteiger partial charge in [-0.15, -0.1) is 0 Å². The Kier molecular flexibility index (Phi) is 4.97. The number of carbonyl (C=O) groups excluding carboxylic acids is 1. The van der Waals surface area contributed by atoms with Crippen molar-refractivity contribution in [2.45, 2.75) is 25.0 Å². The number of primary amides is 1. The van der Waals surface area contributed by atoms with Crippen molar-refractivity contribution in [3.8, 4) is 0 Å². The van der Waals surface area contributed by atoms with E-state index in [0.29, 0.717) is 5.82 Å². The first-order valence-corrected chi connectivity index (χ1v) is 8.31. The molecule has 128 valence electrons. The van der Waals surface area contributed by atoms with E-state index in [1.54, 1.807) is 6.20 Å². The van der Waals surface area contributed by atoms with E-state index >= 15 is 0 Å². The molecule has 1 amide bonds. The molecule has 3 N–H and O–H groups in total. The Bertz CT molecular complexity index is 677. The van der Waals surface area contributed by atoms with Crippen LogP contribution < -0.4 is 5.73 Å². The summed E-state index contributed by atoms with van der Waals surface area (Å²) >= 11 is 0. The topological polar surface area (TPSA) is 84.4 Å². The van der Waals surface area contributed by atoms with Crippen LogP contribution in [0, 0.1) is 5.92 Å². The minimum absolute atomic E-state index is 0.145. The van der Waals surface area contributed by atoms with Gasteiger partial charge in [-0.05, 0) is 37.4 Å². The molecule has 24 heavy (non-hydrogen) atoms. The maximum absolute atomic E-state index is 12.0. The fourth-order valence-electron chi connectivity index (χ4n) is 3.56. The molecule has 2 heterocycles. The molecular weight excluding hydrogens is 304 g/mol. The molecule has 1 aromatic carbocycles. The number of hydrogen-bond acceptors (Lipinski definition) is 4. The summed E-state index contributed by atoms with van der Waals surface area (Å²) in [7, 11) is 1.89. The number of piperidine rings is 1. The number of aliphatic hydroxyl groups excluding tert-OH is 1. The smallest absolute Gasteiger partial charge is 0.239 e. The van der Waals surface area contributed by atoms with Crippen LogP contribution >= 0.6 is 0 Å². The summed E-state index contributed by atoms with van der Waals surface area (Å²) in [6.07, 6.45) is 4.59. The van der Waals surface area contributed by atoms with Crippen LogP contribution in [-0.2, 0) is 11.8 Å². The third kappa shape index (κ3) is 3.34. The number of amides is 1. The van der Waals surface area contributed by atoms with E-state index in [2.05, 4.69) is 9.88 Å². The number of aryl methyl sites for hydroxylation is 1. The molecule has 0 spiro atoms. The molecule has 1 fully saturated rings. The number of aromatic nitrogens is 2. The SMILES string of the molecule is Cn1ccnc1C(O)C1CCN(C(C(N)=O)c2ccccc2)CC1. The van der Waals surface area contributed by atoms with Gasteiger partial charge in [-0.1, -0.05) is 30.3 Å². The molecule has 3 rings (SSSR count). The number of likely N-dealkylation sites (tertiary alicyclic amines) is 1. The van der Waals surface area contributed by atoms with E-state index in [9.17, 15) is 9.90 Å². The van der Waals surface area contributed by atoms with Crippen LogP contribution in [0.2, 0.25) is 0 Å².